The number of hydrogen-bond donors (Lipinski definition) is 1. The van der Waals surface area contributed by atoms with Crippen molar-refractivity contribution in [3.8, 4) is 0 Å². The molecule has 1 aromatic heterocycles. The van der Waals surface area contributed by atoms with Gasteiger partial charge in [-0.3, -0.25) is 0 Å². The maximum atomic E-state index is 12.2. The quantitative estimate of drug-likeness (QED) is 0.850. The molecule has 0 aliphatic carbocycles. The number of amides is 2. The van der Waals surface area contributed by atoms with Crippen LogP contribution in [0.4, 0.5) is 4.79 Å². The van der Waals surface area contributed by atoms with Crippen molar-refractivity contribution in [1.82, 2.24) is 14.8 Å². The van der Waals surface area contributed by atoms with E-state index in [1.54, 1.807) is 0 Å². The van der Waals surface area contributed by atoms with Crippen LogP contribution < -0.4 is 5.32 Å². The van der Waals surface area contributed by atoms with Crippen molar-refractivity contribution in [3.05, 3.63) is 35.5 Å². The molecule has 0 bridgehead atoms. The molecular formula is C16H21N3O. The van der Waals surface area contributed by atoms with E-state index in [4.69, 9.17) is 0 Å². The molecular weight excluding hydrogens is 250 g/mol. The molecule has 2 amide bonds. The van der Waals surface area contributed by atoms with Gasteiger partial charge in [-0.25, -0.2) is 4.79 Å². The number of para-hydroxylation sites is 1. The Balaban J connectivity index is 1.94. The van der Waals surface area contributed by atoms with Crippen molar-refractivity contribution in [2.75, 3.05) is 6.54 Å². The summed E-state index contributed by atoms with van der Waals surface area (Å²) in [6, 6.07) is 8.69. The van der Waals surface area contributed by atoms with Crippen molar-refractivity contribution in [2.24, 2.45) is 7.05 Å². The molecule has 3 rings (SSSR count). The van der Waals surface area contributed by atoms with Crippen LogP contribution in [0.25, 0.3) is 10.9 Å². The van der Waals surface area contributed by atoms with Crippen LogP contribution in [0.5, 0.6) is 0 Å². The Morgan fingerprint density at radius 1 is 1.30 bits per heavy atom. The minimum absolute atomic E-state index is 0.0379. The third-order valence-electron chi connectivity index (χ3n) is 4.02. The zero-order chi connectivity index (χ0) is 14.3. The monoisotopic (exact) mass is 271 g/mol. The van der Waals surface area contributed by atoms with Gasteiger partial charge < -0.3 is 14.8 Å². The van der Waals surface area contributed by atoms with Gasteiger partial charge in [0.25, 0.3) is 0 Å². The summed E-state index contributed by atoms with van der Waals surface area (Å²) in [6.07, 6.45) is 0.933. The predicted octanol–water partition coefficient (Wildman–Crippen LogP) is 2.65. The molecule has 1 N–H and O–H groups in total. The first-order valence-electron chi connectivity index (χ1n) is 7.18. The third-order valence-corrected chi connectivity index (χ3v) is 4.02. The average Bonchev–Trinajstić information content (AvgIpc) is 2.72. The number of nitrogens with zero attached hydrogens (tertiary/aromatic N) is 2. The first kappa shape index (κ1) is 13.0. The number of urea groups is 1. The van der Waals surface area contributed by atoms with Gasteiger partial charge in [0.2, 0.25) is 0 Å². The lowest BCUT2D eigenvalue weighted by molar-refractivity contribution is 0.188. The third kappa shape index (κ3) is 2.05. The normalized spacial score (nSPS) is 14.7. The van der Waals surface area contributed by atoms with Gasteiger partial charge in [-0.15, -0.1) is 0 Å². The number of fused-ring (bicyclic) bond motifs is 3. The van der Waals surface area contributed by atoms with Crippen LogP contribution in [-0.4, -0.2) is 28.1 Å². The fourth-order valence-electron chi connectivity index (χ4n) is 3.02. The Labute approximate surface area is 119 Å². The number of carbonyl (C=O) groups is 1. The van der Waals surface area contributed by atoms with E-state index >= 15 is 0 Å². The SMILES string of the molecule is CC(C)NC(=O)N1CCc2c(n(C)c3ccccc23)C1. The molecule has 1 aliphatic heterocycles. The number of aryl methyl sites for hydroxylation is 1. The van der Waals surface area contributed by atoms with Gasteiger partial charge in [0.1, 0.15) is 0 Å². The molecule has 2 heterocycles. The highest BCUT2D eigenvalue weighted by Gasteiger charge is 2.25. The maximum Gasteiger partial charge on any atom is 0.317 e. The number of aromatic nitrogens is 1. The molecule has 1 aliphatic rings. The Kier molecular flexibility index (Phi) is 3.16. The zero-order valence-corrected chi connectivity index (χ0v) is 12.3. The van der Waals surface area contributed by atoms with Gasteiger partial charge in [-0.05, 0) is 31.9 Å². The fourth-order valence-corrected chi connectivity index (χ4v) is 3.02. The molecule has 0 unspecified atom stereocenters. The van der Waals surface area contributed by atoms with Crippen molar-refractivity contribution in [1.29, 1.82) is 0 Å². The molecule has 4 nitrogen and oxygen atoms in total. The highest BCUT2D eigenvalue weighted by molar-refractivity contribution is 5.86. The zero-order valence-electron chi connectivity index (χ0n) is 12.3. The lowest BCUT2D eigenvalue weighted by atomic mass is 10.0. The second-order valence-electron chi connectivity index (χ2n) is 5.78. The van der Waals surface area contributed by atoms with Crippen LogP contribution in [0.15, 0.2) is 24.3 Å². The second kappa shape index (κ2) is 4.85. The number of hydrogen-bond acceptors (Lipinski definition) is 1. The van der Waals surface area contributed by atoms with E-state index in [9.17, 15) is 4.79 Å². The number of nitrogens with one attached hydrogen (secondary N) is 1. The number of benzene rings is 1. The summed E-state index contributed by atoms with van der Waals surface area (Å²) in [6.45, 7) is 5.47. The van der Waals surface area contributed by atoms with Crippen LogP contribution in [0, 0.1) is 0 Å². The maximum absolute atomic E-state index is 12.2. The molecule has 0 atom stereocenters. The summed E-state index contributed by atoms with van der Waals surface area (Å²) in [5.74, 6) is 0. The Bertz CT molecular complexity index is 657. The van der Waals surface area contributed by atoms with Crippen molar-refractivity contribution in [2.45, 2.75) is 32.9 Å². The molecule has 106 valence electrons. The average molecular weight is 271 g/mol. The van der Waals surface area contributed by atoms with Crippen LogP contribution >= 0.6 is 0 Å². The highest BCUT2D eigenvalue weighted by atomic mass is 16.2. The Hall–Kier alpha value is -1.97. The Morgan fingerprint density at radius 2 is 2.05 bits per heavy atom. The van der Waals surface area contributed by atoms with Crippen molar-refractivity contribution < 1.29 is 4.79 Å². The van der Waals surface area contributed by atoms with E-state index in [2.05, 4.69) is 41.2 Å². The molecule has 0 radical (unpaired) electrons. The van der Waals surface area contributed by atoms with Gasteiger partial charge in [0.15, 0.2) is 0 Å². The van der Waals surface area contributed by atoms with Gasteiger partial charge in [0.05, 0.1) is 6.54 Å². The highest BCUT2D eigenvalue weighted by Crippen LogP contribution is 2.29. The first-order valence-corrected chi connectivity index (χ1v) is 7.18. The molecule has 4 heteroatoms. The minimum atomic E-state index is 0.0379. The van der Waals surface area contributed by atoms with Crippen LogP contribution in [0.3, 0.4) is 0 Å². The number of rotatable bonds is 1. The standard InChI is InChI=1S/C16H21N3O/c1-11(2)17-16(20)19-9-8-13-12-6-4-5-7-14(12)18(3)15(13)10-19/h4-7,11H,8-10H2,1-3H3,(H,17,20). The van der Waals surface area contributed by atoms with Crippen LogP contribution in [0.1, 0.15) is 25.1 Å². The summed E-state index contributed by atoms with van der Waals surface area (Å²) in [4.78, 5) is 14.1. The van der Waals surface area contributed by atoms with Crippen molar-refractivity contribution >= 4 is 16.9 Å². The van der Waals surface area contributed by atoms with E-state index in [0.29, 0.717) is 6.54 Å². The lowest BCUT2D eigenvalue weighted by Crippen LogP contribution is -2.45. The van der Waals surface area contributed by atoms with Crippen molar-refractivity contribution in [3.63, 3.8) is 0 Å². The fraction of sp³-hybridized carbons (Fsp3) is 0.438. The van der Waals surface area contributed by atoms with Gasteiger partial charge in [-0.2, -0.15) is 0 Å². The summed E-state index contributed by atoms with van der Waals surface area (Å²) >= 11 is 0. The summed E-state index contributed by atoms with van der Waals surface area (Å²) in [5.41, 5.74) is 3.91. The van der Waals surface area contributed by atoms with E-state index in [0.717, 1.165) is 13.0 Å². The molecule has 0 spiro atoms. The van der Waals surface area contributed by atoms with E-state index in [1.807, 2.05) is 18.7 Å². The van der Waals surface area contributed by atoms with E-state index in [-0.39, 0.29) is 12.1 Å². The molecule has 20 heavy (non-hydrogen) atoms. The van der Waals surface area contributed by atoms with Gasteiger partial charge >= 0.3 is 6.03 Å². The summed E-state index contributed by atoms with van der Waals surface area (Å²) in [7, 11) is 2.09. The lowest BCUT2D eigenvalue weighted by Gasteiger charge is -2.29. The second-order valence-corrected chi connectivity index (χ2v) is 5.78. The molecule has 2 aromatic rings. The van der Waals surface area contributed by atoms with Gasteiger partial charge in [0, 0.05) is 36.2 Å². The van der Waals surface area contributed by atoms with Crippen LogP contribution in [-0.2, 0) is 20.0 Å². The topological polar surface area (TPSA) is 37.3 Å². The van der Waals surface area contributed by atoms with Gasteiger partial charge in [-0.1, -0.05) is 18.2 Å². The predicted molar refractivity (Wildman–Crippen MR) is 80.7 cm³/mol. The summed E-state index contributed by atoms with van der Waals surface area (Å²) in [5, 5.41) is 4.30. The molecule has 0 saturated heterocycles. The van der Waals surface area contributed by atoms with Crippen LogP contribution in [0.2, 0.25) is 0 Å². The smallest absolute Gasteiger partial charge is 0.317 e. The molecule has 0 saturated carbocycles. The number of carbonyl (C=O) groups excluding carboxylic acids is 1. The Morgan fingerprint density at radius 3 is 2.80 bits per heavy atom. The molecule has 0 fully saturated rings. The molecule has 1 aromatic carbocycles. The minimum Gasteiger partial charge on any atom is -0.346 e. The first-order chi connectivity index (χ1) is 9.58. The van der Waals surface area contributed by atoms with E-state index in [1.165, 1.54) is 22.2 Å². The van der Waals surface area contributed by atoms with E-state index < -0.39 is 0 Å². The summed E-state index contributed by atoms with van der Waals surface area (Å²) < 4.78 is 2.22. The largest absolute Gasteiger partial charge is 0.346 e.